The van der Waals surface area contributed by atoms with Crippen LogP contribution in [-0.4, -0.2) is 17.7 Å². The predicted octanol–water partition coefficient (Wildman–Crippen LogP) is 5.30. The first-order valence-corrected chi connectivity index (χ1v) is 8.01. The summed E-state index contributed by atoms with van der Waals surface area (Å²) in [4.78, 5) is 11.5. The second kappa shape index (κ2) is 12.6. The molecule has 4 heteroatoms. The zero-order valence-corrected chi connectivity index (χ0v) is 14.4. The molecular formula is C17H28O3S. The maximum absolute atomic E-state index is 11.5. The van der Waals surface area contributed by atoms with Crippen molar-refractivity contribution in [2.75, 3.05) is 0 Å². The van der Waals surface area contributed by atoms with Gasteiger partial charge in [0.1, 0.15) is 6.10 Å². The van der Waals surface area contributed by atoms with Gasteiger partial charge in [0.2, 0.25) is 0 Å². The van der Waals surface area contributed by atoms with Gasteiger partial charge in [-0.1, -0.05) is 51.2 Å². The van der Waals surface area contributed by atoms with Crippen LogP contribution in [0.5, 0.6) is 0 Å². The summed E-state index contributed by atoms with van der Waals surface area (Å²) in [5.41, 5.74) is -0.578. The Hall–Kier alpha value is -1.16. The van der Waals surface area contributed by atoms with Crippen LogP contribution in [-0.2, 0) is 9.47 Å². The average Bonchev–Trinajstić information content (AvgIpc) is 2.41. The fraction of sp³-hybridized carbons (Fsp3) is 0.588. The van der Waals surface area contributed by atoms with Crippen molar-refractivity contribution in [1.82, 2.24) is 0 Å². The summed E-state index contributed by atoms with van der Waals surface area (Å²) in [6.45, 7) is 7.92. The molecule has 0 aromatic rings. The summed E-state index contributed by atoms with van der Waals surface area (Å²) in [5.74, 6) is 0.262. The molecule has 0 bridgehead atoms. The highest BCUT2D eigenvalue weighted by molar-refractivity contribution is 7.81. The molecule has 0 saturated heterocycles. The Morgan fingerprint density at radius 1 is 1.00 bits per heavy atom. The van der Waals surface area contributed by atoms with Crippen LogP contribution in [0.25, 0.3) is 0 Å². The maximum atomic E-state index is 11.5. The van der Waals surface area contributed by atoms with E-state index in [2.05, 4.69) is 43.9 Å². The monoisotopic (exact) mass is 312 g/mol. The smallest absolute Gasteiger partial charge is 0.431 e. The molecule has 21 heavy (non-hydrogen) atoms. The number of hydrogen-bond acceptors (Lipinski definition) is 4. The lowest BCUT2D eigenvalue weighted by molar-refractivity contribution is 0.0157. The van der Waals surface area contributed by atoms with E-state index < -0.39 is 11.6 Å². The van der Waals surface area contributed by atoms with Gasteiger partial charge in [0.05, 0.1) is 0 Å². The summed E-state index contributed by atoms with van der Waals surface area (Å²) in [7, 11) is 0. The van der Waals surface area contributed by atoms with Gasteiger partial charge in [-0.15, -0.1) is 12.6 Å². The Bertz CT molecular complexity index is 359. The van der Waals surface area contributed by atoms with Gasteiger partial charge in [-0.2, -0.15) is 0 Å². The van der Waals surface area contributed by atoms with Crippen molar-refractivity contribution in [2.24, 2.45) is 5.92 Å². The van der Waals surface area contributed by atoms with Crippen molar-refractivity contribution >= 4 is 18.8 Å². The molecule has 0 amide bonds. The highest BCUT2D eigenvalue weighted by atomic mass is 32.1. The Kier molecular flexibility index (Phi) is 11.9. The Morgan fingerprint density at radius 3 is 2.14 bits per heavy atom. The van der Waals surface area contributed by atoms with Crippen LogP contribution in [0.2, 0.25) is 0 Å². The molecule has 2 unspecified atom stereocenters. The van der Waals surface area contributed by atoms with Gasteiger partial charge < -0.3 is 9.47 Å². The van der Waals surface area contributed by atoms with E-state index in [1.54, 1.807) is 6.08 Å². The van der Waals surface area contributed by atoms with Crippen molar-refractivity contribution in [2.45, 2.75) is 58.5 Å². The third kappa shape index (κ3) is 12.3. The van der Waals surface area contributed by atoms with Crippen molar-refractivity contribution in [3.05, 3.63) is 36.5 Å². The number of ether oxygens (including phenoxy) is 2. The summed E-state index contributed by atoms with van der Waals surface area (Å²) in [5, 5.41) is 0. The number of hydrogen-bond donors (Lipinski definition) is 1. The van der Waals surface area contributed by atoms with Gasteiger partial charge in [-0.25, -0.2) is 4.79 Å². The van der Waals surface area contributed by atoms with E-state index in [-0.39, 0.29) is 12.0 Å². The number of carbonyl (C=O) groups excluding carboxylic acids is 1. The van der Waals surface area contributed by atoms with Crippen molar-refractivity contribution in [3.63, 3.8) is 0 Å². The third-order valence-corrected chi connectivity index (χ3v) is 3.13. The quantitative estimate of drug-likeness (QED) is 0.272. The molecule has 0 heterocycles. The van der Waals surface area contributed by atoms with Crippen LogP contribution in [0, 0.1) is 5.92 Å². The minimum atomic E-state index is -0.680. The molecule has 2 atom stereocenters. The normalized spacial score (nSPS) is 15.1. The molecule has 0 saturated carbocycles. The molecule has 120 valence electrons. The Morgan fingerprint density at radius 2 is 1.57 bits per heavy atom. The van der Waals surface area contributed by atoms with Crippen LogP contribution < -0.4 is 0 Å². The maximum Gasteiger partial charge on any atom is 0.509 e. The lowest BCUT2D eigenvalue weighted by atomic mass is 10.1. The van der Waals surface area contributed by atoms with Gasteiger partial charge in [-0.05, 0) is 38.2 Å². The lowest BCUT2D eigenvalue weighted by Gasteiger charge is -2.17. The second-order valence-electron chi connectivity index (χ2n) is 5.08. The zero-order chi connectivity index (χ0) is 16.1. The van der Waals surface area contributed by atoms with Crippen LogP contribution >= 0.6 is 12.6 Å². The molecule has 0 fully saturated rings. The van der Waals surface area contributed by atoms with E-state index in [0.29, 0.717) is 0 Å². The number of rotatable bonds is 9. The van der Waals surface area contributed by atoms with Gasteiger partial charge in [-0.3, -0.25) is 0 Å². The van der Waals surface area contributed by atoms with Gasteiger partial charge in [0, 0.05) is 0 Å². The van der Waals surface area contributed by atoms with E-state index in [0.717, 1.165) is 19.3 Å². The summed E-state index contributed by atoms with van der Waals surface area (Å²) in [6.07, 6.45) is 14.0. The van der Waals surface area contributed by atoms with E-state index in [1.165, 1.54) is 0 Å². The van der Waals surface area contributed by atoms with Crippen molar-refractivity contribution in [3.8, 4) is 0 Å². The molecule has 0 aliphatic carbocycles. The number of thiol groups is 1. The van der Waals surface area contributed by atoms with Crippen LogP contribution in [0.3, 0.4) is 0 Å². The molecule has 0 radical (unpaired) electrons. The number of allylic oxidation sites excluding steroid dienone is 5. The first-order valence-electron chi connectivity index (χ1n) is 7.49. The molecule has 0 aliphatic rings. The molecule has 0 N–H and O–H groups in total. The third-order valence-electron chi connectivity index (χ3n) is 2.85. The SMILES string of the molecule is CC/C=C\C/C=C\C/C=C\C(S)OC(=O)OC(C)C(C)C. The minimum absolute atomic E-state index is 0.166. The summed E-state index contributed by atoms with van der Waals surface area (Å²) >= 11 is 4.17. The molecule has 0 rings (SSSR count). The number of carbonyl (C=O) groups is 1. The molecule has 0 aliphatic heterocycles. The highest BCUT2D eigenvalue weighted by Gasteiger charge is 2.15. The van der Waals surface area contributed by atoms with Gasteiger partial charge in [0.15, 0.2) is 5.44 Å². The first kappa shape index (κ1) is 19.8. The fourth-order valence-electron chi connectivity index (χ4n) is 1.26. The van der Waals surface area contributed by atoms with Crippen LogP contribution in [0.15, 0.2) is 36.5 Å². The van der Waals surface area contributed by atoms with Gasteiger partial charge >= 0.3 is 6.16 Å². The van der Waals surface area contributed by atoms with E-state index in [1.807, 2.05) is 26.8 Å². The largest absolute Gasteiger partial charge is 0.509 e. The highest BCUT2D eigenvalue weighted by Crippen LogP contribution is 2.09. The second-order valence-corrected chi connectivity index (χ2v) is 5.58. The molecule has 0 aromatic heterocycles. The molecule has 0 spiro atoms. The first-order chi connectivity index (χ1) is 9.97. The Balaban J connectivity index is 3.87. The fourth-order valence-corrected chi connectivity index (χ4v) is 1.47. The van der Waals surface area contributed by atoms with Crippen molar-refractivity contribution in [1.29, 1.82) is 0 Å². The lowest BCUT2D eigenvalue weighted by Crippen LogP contribution is -2.22. The molecule has 0 aromatic carbocycles. The minimum Gasteiger partial charge on any atom is -0.431 e. The van der Waals surface area contributed by atoms with Crippen molar-refractivity contribution < 1.29 is 14.3 Å². The van der Waals surface area contributed by atoms with Crippen LogP contribution in [0.1, 0.15) is 47.0 Å². The molecular weight excluding hydrogens is 284 g/mol. The summed E-state index contributed by atoms with van der Waals surface area (Å²) in [6, 6.07) is 0. The van der Waals surface area contributed by atoms with Gasteiger partial charge in [0.25, 0.3) is 0 Å². The Labute approximate surface area is 134 Å². The van der Waals surface area contributed by atoms with E-state index in [9.17, 15) is 4.79 Å². The molecule has 3 nitrogen and oxygen atoms in total. The predicted molar refractivity (Wildman–Crippen MR) is 91.6 cm³/mol. The van der Waals surface area contributed by atoms with Crippen LogP contribution in [0.4, 0.5) is 4.79 Å². The van der Waals surface area contributed by atoms with E-state index >= 15 is 0 Å². The van der Waals surface area contributed by atoms with E-state index in [4.69, 9.17) is 9.47 Å². The summed E-state index contributed by atoms with van der Waals surface area (Å²) < 4.78 is 10.1. The average molecular weight is 312 g/mol. The standard InChI is InChI=1S/C17H28O3S/c1-5-6-7-8-9-10-11-12-13-16(21)20-17(18)19-15(4)14(2)3/h6-7,9-10,12-16,21H,5,8,11H2,1-4H3/b7-6-,10-9-,13-12-. The topological polar surface area (TPSA) is 35.5 Å². The zero-order valence-electron chi connectivity index (χ0n) is 13.5.